The summed E-state index contributed by atoms with van der Waals surface area (Å²) in [4.78, 5) is 23.4. The lowest BCUT2D eigenvalue weighted by Crippen LogP contribution is -2.40. The standard InChI is InChI=1S/C16H23N3O2/c1-10(2)18-15(21)17-8-7-11-5-6-13-12(9-11)16(3,4)14(20)19-13/h5-6,9-10H,7-8H2,1-4H3,(H,19,20)(H2,17,18,21). The van der Waals surface area contributed by atoms with Gasteiger partial charge >= 0.3 is 6.03 Å². The molecule has 0 aliphatic carbocycles. The Kier molecular flexibility index (Phi) is 4.21. The monoisotopic (exact) mass is 289 g/mol. The molecule has 1 aliphatic rings. The molecule has 1 aromatic rings. The molecule has 0 bridgehead atoms. The van der Waals surface area contributed by atoms with E-state index in [-0.39, 0.29) is 18.0 Å². The molecule has 1 aromatic carbocycles. The summed E-state index contributed by atoms with van der Waals surface area (Å²) < 4.78 is 0. The van der Waals surface area contributed by atoms with Crippen molar-refractivity contribution in [3.63, 3.8) is 0 Å². The average Bonchev–Trinajstić information content (AvgIpc) is 2.60. The molecular weight excluding hydrogens is 266 g/mol. The third kappa shape index (κ3) is 3.35. The predicted octanol–water partition coefficient (Wildman–Crippen LogP) is 2.17. The van der Waals surface area contributed by atoms with E-state index < -0.39 is 5.41 Å². The van der Waals surface area contributed by atoms with Crippen molar-refractivity contribution in [1.29, 1.82) is 0 Å². The summed E-state index contributed by atoms with van der Waals surface area (Å²) in [6.45, 7) is 8.26. The van der Waals surface area contributed by atoms with Gasteiger partial charge < -0.3 is 16.0 Å². The number of benzene rings is 1. The number of rotatable bonds is 4. The van der Waals surface area contributed by atoms with E-state index in [1.165, 1.54) is 0 Å². The van der Waals surface area contributed by atoms with Crippen molar-refractivity contribution in [2.45, 2.75) is 45.6 Å². The molecule has 0 aromatic heterocycles. The molecule has 0 unspecified atom stereocenters. The Labute approximate surface area is 125 Å². The summed E-state index contributed by atoms with van der Waals surface area (Å²) in [5.41, 5.74) is 2.53. The van der Waals surface area contributed by atoms with Crippen molar-refractivity contribution in [2.24, 2.45) is 0 Å². The van der Waals surface area contributed by atoms with E-state index in [0.717, 1.165) is 23.2 Å². The van der Waals surface area contributed by atoms with Gasteiger partial charge in [-0.2, -0.15) is 0 Å². The van der Waals surface area contributed by atoms with Gasteiger partial charge in [-0.25, -0.2) is 4.79 Å². The fourth-order valence-corrected chi connectivity index (χ4v) is 2.41. The second kappa shape index (κ2) is 5.76. The Morgan fingerprint density at radius 1 is 1.33 bits per heavy atom. The number of hydrogen-bond donors (Lipinski definition) is 3. The van der Waals surface area contributed by atoms with E-state index in [9.17, 15) is 9.59 Å². The number of anilines is 1. The Bertz CT molecular complexity index is 565. The van der Waals surface area contributed by atoms with Gasteiger partial charge in [0.1, 0.15) is 0 Å². The van der Waals surface area contributed by atoms with Gasteiger partial charge in [0.05, 0.1) is 5.41 Å². The SMILES string of the molecule is CC(C)NC(=O)NCCc1ccc2c(c1)C(C)(C)C(=O)N2. The van der Waals surface area contributed by atoms with E-state index in [1.54, 1.807) is 0 Å². The van der Waals surface area contributed by atoms with Gasteiger partial charge in [-0.15, -0.1) is 0 Å². The highest BCUT2D eigenvalue weighted by atomic mass is 16.2. The van der Waals surface area contributed by atoms with Crippen molar-refractivity contribution in [3.05, 3.63) is 29.3 Å². The van der Waals surface area contributed by atoms with Crippen LogP contribution in [0.15, 0.2) is 18.2 Å². The first-order valence-corrected chi connectivity index (χ1v) is 7.30. The van der Waals surface area contributed by atoms with Gasteiger partial charge in [0.15, 0.2) is 0 Å². The number of carbonyl (C=O) groups is 2. The highest BCUT2D eigenvalue weighted by Gasteiger charge is 2.38. The van der Waals surface area contributed by atoms with Crippen LogP contribution in [0.5, 0.6) is 0 Å². The van der Waals surface area contributed by atoms with Crippen molar-refractivity contribution in [1.82, 2.24) is 10.6 Å². The second-order valence-corrected chi connectivity index (χ2v) is 6.26. The first-order valence-electron chi connectivity index (χ1n) is 7.30. The van der Waals surface area contributed by atoms with Gasteiger partial charge in [0, 0.05) is 18.3 Å². The molecule has 3 N–H and O–H groups in total. The second-order valence-electron chi connectivity index (χ2n) is 6.26. The van der Waals surface area contributed by atoms with Crippen LogP contribution >= 0.6 is 0 Å². The summed E-state index contributed by atoms with van der Waals surface area (Å²) in [5.74, 6) is 0.0316. The number of amides is 3. The van der Waals surface area contributed by atoms with Crippen molar-refractivity contribution >= 4 is 17.6 Å². The number of hydrogen-bond acceptors (Lipinski definition) is 2. The van der Waals surface area contributed by atoms with E-state index in [2.05, 4.69) is 22.0 Å². The van der Waals surface area contributed by atoms with Gasteiger partial charge in [-0.1, -0.05) is 12.1 Å². The van der Waals surface area contributed by atoms with Crippen LogP contribution in [0.2, 0.25) is 0 Å². The van der Waals surface area contributed by atoms with E-state index >= 15 is 0 Å². The van der Waals surface area contributed by atoms with Crippen LogP contribution in [0.25, 0.3) is 0 Å². The lowest BCUT2D eigenvalue weighted by atomic mass is 9.85. The molecule has 0 saturated carbocycles. The third-order valence-corrected chi connectivity index (χ3v) is 3.69. The molecule has 1 aliphatic heterocycles. The van der Waals surface area contributed by atoms with Crippen molar-refractivity contribution in [2.75, 3.05) is 11.9 Å². The Hall–Kier alpha value is -2.04. The van der Waals surface area contributed by atoms with Gasteiger partial charge in [-0.05, 0) is 51.3 Å². The zero-order chi connectivity index (χ0) is 15.6. The maximum absolute atomic E-state index is 11.9. The number of fused-ring (bicyclic) bond motifs is 1. The lowest BCUT2D eigenvalue weighted by Gasteiger charge is -2.16. The van der Waals surface area contributed by atoms with Gasteiger partial charge in [0.2, 0.25) is 5.91 Å². The third-order valence-electron chi connectivity index (χ3n) is 3.69. The van der Waals surface area contributed by atoms with Crippen molar-refractivity contribution in [3.8, 4) is 0 Å². The van der Waals surface area contributed by atoms with Gasteiger partial charge in [0.25, 0.3) is 0 Å². The minimum absolute atomic E-state index is 0.0316. The molecule has 5 nitrogen and oxygen atoms in total. The zero-order valence-corrected chi connectivity index (χ0v) is 13.0. The Morgan fingerprint density at radius 3 is 2.71 bits per heavy atom. The summed E-state index contributed by atoms with van der Waals surface area (Å²) in [6, 6.07) is 5.95. The molecule has 114 valence electrons. The molecule has 0 spiro atoms. The van der Waals surface area contributed by atoms with Crippen LogP contribution in [0.3, 0.4) is 0 Å². The minimum atomic E-state index is -0.492. The molecule has 0 fully saturated rings. The van der Waals surface area contributed by atoms with Crippen LogP contribution in [0.1, 0.15) is 38.8 Å². The normalized spacial score (nSPS) is 15.6. The minimum Gasteiger partial charge on any atom is -0.338 e. The number of carbonyl (C=O) groups excluding carboxylic acids is 2. The quantitative estimate of drug-likeness (QED) is 0.795. The molecule has 2 rings (SSSR count). The van der Waals surface area contributed by atoms with E-state index in [0.29, 0.717) is 6.54 Å². The molecule has 5 heteroatoms. The largest absolute Gasteiger partial charge is 0.338 e. The molecular formula is C16H23N3O2. The zero-order valence-electron chi connectivity index (χ0n) is 13.0. The molecule has 0 saturated heterocycles. The summed E-state index contributed by atoms with van der Waals surface area (Å²) >= 11 is 0. The molecule has 0 atom stereocenters. The molecule has 0 radical (unpaired) electrons. The Morgan fingerprint density at radius 2 is 2.05 bits per heavy atom. The predicted molar refractivity (Wildman–Crippen MR) is 83.5 cm³/mol. The van der Waals surface area contributed by atoms with Crippen molar-refractivity contribution < 1.29 is 9.59 Å². The van der Waals surface area contributed by atoms with E-state index in [1.807, 2.05) is 39.8 Å². The first-order chi connectivity index (χ1) is 9.80. The van der Waals surface area contributed by atoms with Crippen LogP contribution in [0.4, 0.5) is 10.5 Å². The fourth-order valence-electron chi connectivity index (χ4n) is 2.41. The van der Waals surface area contributed by atoms with Crippen LogP contribution in [-0.4, -0.2) is 24.5 Å². The van der Waals surface area contributed by atoms with Gasteiger partial charge in [-0.3, -0.25) is 4.79 Å². The first kappa shape index (κ1) is 15.4. The number of urea groups is 1. The molecule has 21 heavy (non-hydrogen) atoms. The highest BCUT2D eigenvalue weighted by molar-refractivity contribution is 6.05. The van der Waals surface area contributed by atoms with E-state index in [4.69, 9.17) is 0 Å². The summed E-state index contributed by atoms with van der Waals surface area (Å²) in [6.07, 6.45) is 0.739. The lowest BCUT2D eigenvalue weighted by molar-refractivity contribution is -0.119. The maximum Gasteiger partial charge on any atom is 0.314 e. The summed E-state index contributed by atoms with van der Waals surface area (Å²) in [5, 5.41) is 8.50. The maximum atomic E-state index is 11.9. The summed E-state index contributed by atoms with van der Waals surface area (Å²) in [7, 11) is 0. The Balaban J connectivity index is 1.96. The van der Waals surface area contributed by atoms with Crippen LogP contribution in [-0.2, 0) is 16.6 Å². The topological polar surface area (TPSA) is 70.2 Å². The molecule has 3 amide bonds. The molecule has 1 heterocycles. The fraction of sp³-hybridized carbons (Fsp3) is 0.500. The van der Waals surface area contributed by atoms with Crippen LogP contribution < -0.4 is 16.0 Å². The average molecular weight is 289 g/mol. The highest BCUT2D eigenvalue weighted by Crippen LogP contribution is 2.37. The van der Waals surface area contributed by atoms with Crippen LogP contribution in [0, 0.1) is 0 Å². The smallest absolute Gasteiger partial charge is 0.314 e. The number of nitrogens with one attached hydrogen (secondary N) is 3.